The second-order valence-electron chi connectivity index (χ2n) is 3.32. The number of rotatable bonds is 0. The molecule has 0 spiro atoms. The fourth-order valence-corrected chi connectivity index (χ4v) is 2.01. The van der Waals surface area contributed by atoms with Crippen molar-refractivity contribution in [1.82, 2.24) is 0 Å². The Hall–Kier alpha value is -0.590. The van der Waals surface area contributed by atoms with Crippen molar-refractivity contribution in [1.29, 1.82) is 0 Å². The van der Waals surface area contributed by atoms with E-state index in [9.17, 15) is 4.79 Å². The van der Waals surface area contributed by atoms with Crippen LogP contribution in [0, 0.1) is 11.8 Å². The van der Waals surface area contributed by atoms with Crippen LogP contribution in [-0.2, 0) is 4.79 Å². The molecule has 0 aromatic carbocycles. The number of ketones is 1. The zero-order chi connectivity index (χ0) is 6.97. The SMILES string of the molecule is O=C1C2CC=CCC1CC2. The van der Waals surface area contributed by atoms with E-state index in [0.29, 0.717) is 17.6 Å². The lowest BCUT2D eigenvalue weighted by Crippen LogP contribution is -2.10. The van der Waals surface area contributed by atoms with E-state index in [2.05, 4.69) is 12.2 Å². The van der Waals surface area contributed by atoms with Crippen LogP contribution in [-0.4, -0.2) is 5.78 Å². The van der Waals surface area contributed by atoms with Crippen LogP contribution in [0.1, 0.15) is 25.7 Å². The second kappa shape index (κ2) is 2.22. The van der Waals surface area contributed by atoms with Gasteiger partial charge in [-0.1, -0.05) is 12.2 Å². The highest BCUT2D eigenvalue weighted by Crippen LogP contribution is 2.34. The molecular formula is C9H12O. The van der Waals surface area contributed by atoms with Crippen molar-refractivity contribution in [3.8, 4) is 0 Å². The van der Waals surface area contributed by atoms with Gasteiger partial charge in [-0.05, 0) is 25.7 Å². The third kappa shape index (κ3) is 0.808. The lowest BCUT2D eigenvalue weighted by atomic mass is 10.0. The summed E-state index contributed by atoms with van der Waals surface area (Å²) in [5, 5.41) is 0. The number of hydrogen-bond acceptors (Lipinski definition) is 1. The van der Waals surface area contributed by atoms with Gasteiger partial charge in [-0.25, -0.2) is 0 Å². The summed E-state index contributed by atoms with van der Waals surface area (Å²) in [4.78, 5) is 11.4. The Bertz CT molecular complexity index is 163. The fourth-order valence-electron chi connectivity index (χ4n) is 2.01. The number of fused-ring (bicyclic) bond motifs is 2. The number of carbonyl (C=O) groups is 1. The van der Waals surface area contributed by atoms with Gasteiger partial charge in [-0.15, -0.1) is 0 Å². The normalized spacial score (nSPS) is 38.2. The Kier molecular flexibility index (Phi) is 1.37. The highest BCUT2D eigenvalue weighted by atomic mass is 16.1. The van der Waals surface area contributed by atoms with Gasteiger partial charge < -0.3 is 0 Å². The van der Waals surface area contributed by atoms with E-state index < -0.39 is 0 Å². The van der Waals surface area contributed by atoms with Gasteiger partial charge in [0.05, 0.1) is 0 Å². The molecule has 10 heavy (non-hydrogen) atoms. The first kappa shape index (κ1) is 6.14. The number of Topliss-reactive ketones (excluding diaryl/α,β-unsaturated/α-hetero) is 1. The van der Waals surface area contributed by atoms with Crippen molar-refractivity contribution in [2.45, 2.75) is 25.7 Å². The van der Waals surface area contributed by atoms with Gasteiger partial charge in [0.15, 0.2) is 0 Å². The molecule has 0 heterocycles. The van der Waals surface area contributed by atoms with Crippen LogP contribution >= 0.6 is 0 Å². The van der Waals surface area contributed by atoms with Crippen LogP contribution in [0.3, 0.4) is 0 Å². The van der Waals surface area contributed by atoms with E-state index in [4.69, 9.17) is 0 Å². The molecule has 0 saturated heterocycles. The summed E-state index contributed by atoms with van der Waals surface area (Å²) in [5.41, 5.74) is 0. The highest BCUT2D eigenvalue weighted by Gasteiger charge is 2.33. The predicted octanol–water partition coefficient (Wildman–Crippen LogP) is 1.93. The van der Waals surface area contributed by atoms with Gasteiger partial charge in [0.2, 0.25) is 0 Å². The molecule has 2 unspecified atom stereocenters. The van der Waals surface area contributed by atoms with Crippen molar-refractivity contribution in [3.63, 3.8) is 0 Å². The third-order valence-electron chi connectivity index (χ3n) is 2.68. The maximum Gasteiger partial charge on any atom is 0.139 e. The standard InChI is InChI=1S/C9H12O/c10-9-7-3-1-2-4-8(9)6-5-7/h1-2,7-8H,3-6H2. The topological polar surface area (TPSA) is 17.1 Å². The Morgan fingerprint density at radius 2 is 1.60 bits per heavy atom. The fraction of sp³-hybridized carbons (Fsp3) is 0.667. The van der Waals surface area contributed by atoms with E-state index in [1.807, 2.05) is 0 Å². The first-order chi connectivity index (χ1) is 4.88. The van der Waals surface area contributed by atoms with Crippen molar-refractivity contribution < 1.29 is 4.79 Å². The van der Waals surface area contributed by atoms with E-state index in [1.54, 1.807) is 0 Å². The number of allylic oxidation sites excluding steroid dienone is 2. The minimum atomic E-state index is 0.392. The van der Waals surface area contributed by atoms with Crippen molar-refractivity contribution in [2.24, 2.45) is 11.8 Å². The summed E-state index contributed by atoms with van der Waals surface area (Å²) >= 11 is 0. The zero-order valence-corrected chi connectivity index (χ0v) is 6.05. The van der Waals surface area contributed by atoms with E-state index in [0.717, 1.165) is 25.7 Å². The maximum absolute atomic E-state index is 11.4. The third-order valence-corrected chi connectivity index (χ3v) is 2.68. The summed E-state index contributed by atoms with van der Waals surface area (Å²) in [7, 11) is 0. The molecule has 2 rings (SSSR count). The Morgan fingerprint density at radius 3 is 2.10 bits per heavy atom. The molecule has 1 fully saturated rings. The van der Waals surface area contributed by atoms with Gasteiger partial charge in [0.25, 0.3) is 0 Å². The maximum atomic E-state index is 11.4. The molecule has 0 amide bonds. The minimum Gasteiger partial charge on any atom is -0.299 e. The van der Waals surface area contributed by atoms with E-state index in [-0.39, 0.29) is 0 Å². The van der Waals surface area contributed by atoms with Crippen molar-refractivity contribution in [2.75, 3.05) is 0 Å². The van der Waals surface area contributed by atoms with Gasteiger partial charge in [-0.3, -0.25) is 4.79 Å². The molecule has 2 aliphatic carbocycles. The molecular weight excluding hydrogens is 124 g/mol. The molecule has 0 aromatic heterocycles. The number of carbonyl (C=O) groups excluding carboxylic acids is 1. The lowest BCUT2D eigenvalue weighted by Gasteiger charge is -2.01. The van der Waals surface area contributed by atoms with Gasteiger partial charge in [0, 0.05) is 11.8 Å². The van der Waals surface area contributed by atoms with Crippen LogP contribution in [0.4, 0.5) is 0 Å². The quantitative estimate of drug-likeness (QED) is 0.465. The van der Waals surface area contributed by atoms with Gasteiger partial charge >= 0.3 is 0 Å². The first-order valence-corrected chi connectivity index (χ1v) is 4.06. The average molecular weight is 136 g/mol. The first-order valence-electron chi connectivity index (χ1n) is 4.06. The molecule has 0 aliphatic heterocycles. The summed E-state index contributed by atoms with van der Waals surface area (Å²) in [6.07, 6.45) is 8.65. The van der Waals surface area contributed by atoms with Gasteiger partial charge in [-0.2, -0.15) is 0 Å². The summed E-state index contributed by atoms with van der Waals surface area (Å²) < 4.78 is 0. The average Bonchev–Trinajstić information content (AvgIpc) is 2.06. The molecule has 2 atom stereocenters. The molecule has 2 bridgehead atoms. The number of hydrogen-bond donors (Lipinski definition) is 0. The Balaban J connectivity index is 2.23. The lowest BCUT2D eigenvalue weighted by molar-refractivity contribution is -0.123. The van der Waals surface area contributed by atoms with Crippen LogP contribution in [0.15, 0.2) is 12.2 Å². The highest BCUT2D eigenvalue weighted by molar-refractivity contribution is 5.86. The summed E-state index contributed by atoms with van der Waals surface area (Å²) in [6.45, 7) is 0. The van der Waals surface area contributed by atoms with Gasteiger partial charge in [0.1, 0.15) is 5.78 Å². The smallest absolute Gasteiger partial charge is 0.139 e. The summed E-state index contributed by atoms with van der Waals surface area (Å²) in [5.74, 6) is 1.32. The largest absolute Gasteiger partial charge is 0.299 e. The molecule has 1 nitrogen and oxygen atoms in total. The van der Waals surface area contributed by atoms with E-state index in [1.165, 1.54) is 0 Å². The zero-order valence-electron chi connectivity index (χ0n) is 6.05. The molecule has 0 N–H and O–H groups in total. The molecule has 1 saturated carbocycles. The Labute approximate surface area is 61.1 Å². The van der Waals surface area contributed by atoms with Crippen LogP contribution in [0.5, 0.6) is 0 Å². The second-order valence-corrected chi connectivity index (χ2v) is 3.32. The van der Waals surface area contributed by atoms with Crippen molar-refractivity contribution >= 4 is 5.78 Å². The summed E-state index contributed by atoms with van der Waals surface area (Å²) in [6, 6.07) is 0. The van der Waals surface area contributed by atoms with Crippen molar-refractivity contribution in [3.05, 3.63) is 12.2 Å². The predicted molar refractivity (Wildman–Crippen MR) is 39.6 cm³/mol. The Morgan fingerprint density at radius 1 is 1.10 bits per heavy atom. The minimum absolute atomic E-state index is 0.392. The molecule has 54 valence electrons. The van der Waals surface area contributed by atoms with Crippen LogP contribution in [0.25, 0.3) is 0 Å². The van der Waals surface area contributed by atoms with Crippen LogP contribution < -0.4 is 0 Å². The molecule has 0 radical (unpaired) electrons. The van der Waals surface area contributed by atoms with E-state index >= 15 is 0 Å². The monoisotopic (exact) mass is 136 g/mol. The molecule has 0 aromatic rings. The molecule has 2 aliphatic rings. The van der Waals surface area contributed by atoms with Crippen LogP contribution in [0.2, 0.25) is 0 Å². The molecule has 1 heteroatoms.